The van der Waals surface area contributed by atoms with Crippen molar-refractivity contribution in [3.05, 3.63) is 75.6 Å². The number of rotatable bonds is 2. The van der Waals surface area contributed by atoms with Crippen molar-refractivity contribution in [3.8, 4) is 6.07 Å². The molecule has 27 heavy (non-hydrogen) atoms. The zero-order valence-electron chi connectivity index (χ0n) is 15.8. The summed E-state index contributed by atoms with van der Waals surface area (Å²) < 4.78 is 1.58. The van der Waals surface area contributed by atoms with Crippen LogP contribution in [0, 0.1) is 18.3 Å². The average Bonchev–Trinajstić information content (AvgIpc) is 2.71. The Bertz CT molecular complexity index is 1080. The topological polar surface area (TPSA) is 49.0 Å². The lowest BCUT2D eigenvalue weighted by molar-refractivity contribution is 0.505. The molecule has 1 aliphatic rings. The minimum absolute atomic E-state index is 0.216. The van der Waals surface area contributed by atoms with Gasteiger partial charge in [-0.1, -0.05) is 48.0 Å². The van der Waals surface area contributed by atoms with Crippen LogP contribution in [0.3, 0.4) is 0 Å². The summed E-state index contributed by atoms with van der Waals surface area (Å²) in [5, 5.41) is 10.7. The lowest BCUT2D eigenvalue weighted by Gasteiger charge is -2.35. The average molecular weight is 357 g/mol. The quantitative estimate of drug-likeness (QED) is 0.694. The van der Waals surface area contributed by atoms with Crippen molar-refractivity contribution in [3.63, 3.8) is 0 Å². The molecule has 136 valence electrons. The number of hydrogen-bond acceptors (Lipinski definition) is 3. The second-order valence-electron chi connectivity index (χ2n) is 7.39. The monoisotopic (exact) mass is 357 g/mol. The number of para-hydroxylation sites is 1. The van der Waals surface area contributed by atoms with Crippen LogP contribution in [0.5, 0.6) is 0 Å². The Morgan fingerprint density at radius 3 is 2.37 bits per heavy atom. The molecule has 2 heterocycles. The molecule has 0 amide bonds. The Labute approximate surface area is 159 Å². The molecule has 0 saturated carbocycles. The minimum Gasteiger partial charge on any atom is -0.370 e. The molecule has 0 bridgehead atoms. The standard InChI is InChI=1S/C23H23N3O/c1-16-7-9-17(10-8-16)18-11-13-26(14-12-18)22-19-5-3-4-6-21(19)25(2)23(27)20(22)15-24/h3-10,18H,11-14H2,1-2H3. The summed E-state index contributed by atoms with van der Waals surface area (Å²) in [4.78, 5) is 14.9. The van der Waals surface area contributed by atoms with E-state index in [-0.39, 0.29) is 11.1 Å². The summed E-state index contributed by atoms with van der Waals surface area (Å²) in [5.41, 5.74) is 4.38. The molecule has 4 rings (SSSR count). The molecule has 1 aliphatic heterocycles. The number of anilines is 1. The maximum absolute atomic E-state index is 12.7. The van der Waals surface area contributed by atoms with Crippen LogP contribution in [0.4, 0.5) is 5.69 Å². The van der Waals surface area contributed by atoms with E-state index >= 15 is 0 Å². The maximum atomic E-state index is 12.7. The van der Waals surface area contributed by atoms with Crippen LogP contribution in [0.1, 0.15) is 35.4 Å². The predicted octanol–water partition coefficient (Wildman–Crippen LogP) is 4.10. The molecule has 4 nitrogen and oxygen atoms in total. The second-order valence-corrected chi connectivity index (χ2v) is 7.39. The normalized spacial score (nSPS) is 15.1. The Morgan fingerprint density at radius 1 is 1.04 bits per heavy atom. The van der Waals surface area contributed by atoms with E-state index in [2.05, 4.69) is 42.2 Å². The van der Waals surface area contributed by atoms with Crippen LogP contribution in [0.2, 0.25) is 0 Å². The summed E-state index contributed by atoms with van der Waals surface area (Å²) in [6.07, 6.45) is 2.05. The van der Waals surface area contributed by atoms with Gasteiger partial charge in [0.1, 0.15) is 11.6 Å². The van der Waals surface area contributed by atoms with Crippen LogP contribution in [-0.4, -0.2) is 17.7 Å². The van der Waals surface area contributed by atoms with Crippen molar-refractivity contribution >= 4 is 16.6 Å². The second kappa shape index (κ2) is 6.92. The molecule has 2 aromatic carbocycles. The van der Waals surface area contributed by atoms with Crippen LogP contribution >= 0.6 is 0 Å². The van der Waals surface area contributed by atoms with Gasteiger partial charge in [0.05, 0.1) is 11.2 Å². The Balaban J connectivity index is 1.70. The summed E-state index contributed by atoms with van der Waals surface area (Å²) in [6.45, 7) is 3.81. The Kier molecular flexibility index (Phi) is 4.45. The van der Waals surface area contributed by atoms with E-state index in [1.165, 1.54) is 11.1 Å². The Morgan fingerprint density at radius 2 is 1.70 bits per heavy atom. The van der Waals surface area contributed by atoms with E-state index in [1.807, 2.05) is 24.3 Å². The van der Waals surface area contributed by atoms with Gasteiger partial charge in [-0.15, -0.1) is 0 Å². The lowest BCUT2D eigenvalue weighted by Crippen LogP contribution is -2.35. The molecule has 0 spiro atoms. The number of benzene rings is 2. The third-order valence-electron chi connectivity index (χ3n) is 5.75. The van der Waals surface area contributed by atoms with E-state index in [0.29, 0.717) is 5.92 Å². The number of hydrogen-bond donors (Lipinski definition) is 0. The first-order chi connectivity index (χ1) is 13.1. The summed E-state index contributed by atoms with van der Waals surface area (Å²) in [5.74, 6) is 0.533. The first-order valence-electron chi connectivity index (χ1n) is 9.43. The molecular weight excluding hydrogens is 334 g/mol. The zero-order chi connectivity index (χ0) is 19.0. The van der Waals surface area contributed by atoms with Crippen LogP contribution in [0.15, 0.2) is 53.3 Å². The van der Waals surface area contributed by atoms with E-state index in [0.717, 1.165) is 42.5 Å². The van der Waals surface area contributed by atoms with Crippen molar-refractivity contribution < 1.29 is 0 Å². The minimum atomic E-state index is -0.216. The van der Waals surface area contributed by atoms with Crippen molar-refractivity contribution in [2.24, 2.45) is 7.05 Å². The summed E-state index contributed by atoms with van der Waals surface area (Å²) in [7, 11) is 1.74. The molecule has 1 aromatic heterocycles. The summed E-state index contributed by atoms with van der Waals surface area (Å²) >= 11 is 0. The van der Waals surface area contributed by atoms with Crippen LogP contribution in [-0.2, 0) is 7.05 Å². The fraction of sp³-hybridized carbons (Fsp3) is 0.304. The van der Waals surface area contributed by atoms with Gasteiger partial charge < -0.3 is 9.47 Å². The van der Waals surface area contributed by atoms with E-state index < -0.39 is 0 Å². The molecule has 0 radical (unpaired) electrons. The highest BCUT2D eigenvalue weighted by Gasteiger charge is 2.25. The highest BCUT2D eigenvalue weighted by atomic mass is 16.1. The fourth-order valence-electron chi connectivity index (χ4n) is 4.18. The van der Waals surface area contributed by atoms with Crippen LogP contribution < -0.4 is 10.5 Å². The van der Waals surface area contributed by atoms with Crippen molar-refractivity contribution in [2.45, 2.75) is 25.7 Å². The third kappa shape index (κ3) is 3.00. The van der Waals surface area contributed by atoms with Crippen molar-refractivity contribution in [1.29, 1.82) is 5.26 Å². The third-order valence-corrected chi connectivity index (χ3v) is 5.75. The van der Waals surface area contributed by atoms with E-state index in [1.54, 1.807) is 11.6 Å². The first kappa shape index (κ1) is 17.4. The van der Waals surface area contributed by atoms with Crippen LogP contribution in [0.25, 0.3) is 10.9 Å². The maximum Gasteiger partial charge on any atom is 0.270 e. The predicted molar refractivity (Wildman–Crippen MR) is 109 cm³/mol. The van der Waals surface area contributed by atoms with Gasteiger partial charge in [0.2, 0.25) is 0 Å². The molecule has 0 unspecified atom stereocenters. The Hall–Kier alpha value is -3.06. The van der Waals surface area contributed by atoms with E-state index in [9.17, 15) is 10.1 Å². The SMILES string of the molecule is Cc1ccc(C2CCN(c3c(C#N)c(=O)n(C)c4ccccc34)CC2)cc1. The fourth-order valence-corrected chi connectivity index (χ4v) is 4.18. The molecule has 4 heteroatoms. The van der Waals surface area contributed by atoms with Gasteiger partial charge in [-0.05, 0) is 37.3 Å². The number of aryl methyl sites for hydroxylation is 2. The number of pyridine rings is 1. The summed E-state index contributed by atoms with van der Waals surface area (Å²) in [6, 6.07) is 18.8. The number of aromatic nitrogens is 1. The number of piperidine rings is 1. The smallest absolute Gasteiger partial charge is 0.270 e. The molecule has 0 N–H and O–H groups in total. The van der Waals surface area contributed by atoms with Crippen molar-refractivity contribution in [2.75, 3.05) is 18.0 Å². The number of fused-ring (bicyclic) bond motifs is 1. The lowest BCUT2D eigenvalue weighted by atomic mass is 9.88. The molecule has 1 fully saturated rings. The molecule has 3 aromatic rings. The molecule has 0 atom stereocenters. The van der Waals surface area contributed by atoms with Gasteiger partial charge >= 0.3 is 0 Å². The van der Waals surface area contributed by atoms with Crippen molar-refractivity contribution in [1.82, 2.24) is 4.57 Å². The molecular formula is C23H23N3O. The molecule has 0 aliphatic carbocycles. The highest BCUT2D eigenvalue weighted by molar-refractivity contribution is 5.94. The van der Waals surface area contributed by atoms with Gasteiger partial charge in [-0.25, -0.2) is 0 Å². The van der Waals surface area contributed by atoms with Gasteiger partial charge in [-0.3, -0.25) is 4.79 Å². The number of nitriles is 1. The zero-order valence-corrected chi connectivity index (χ0v) is 15.8. The van der Waals surface area contributed by atoms with E-state index in [4.69, 9.17) is 0 Å². The van der Waals surface area contributed by atoms with Gasteiger partial charge in [0.25, 0.3) is 5.56 Å². The van der Waals surface area contributed by atoms with Gasteiger partial charge in [-0.2, -0.15) is 5.26 Å². The first-order valence-corrected chi connectivity index (χ1v) is 9.43. The largest absolute Gasteiger partial charge is 0.370 e. The van der Waals surface area contributed by atoms with Gasteiger partial charge in [0.15, 0.2) is 0 Å². The molecule has 1 saturated heterocycles. The van der Waals surface area contributed by atoms with Gasteiger partial charge in [0, 0.05) is 25.5 Å². The number of nitrogens with zero attached hydrogens (tertiary/aromatic N) is 3. The highest BCUT2D eigenvalue weighted by Crippen LogP contribution is 2.34.